The first kappa shape index (κ1) is 13.0. The Morgan fingerprint density at radius 2 is 1.94 bits per heavy atom. The zero-order valence-electron chi connectivity index (χ0n) is 10.0. The van der Waals surface area contributed by atoms with Gasteiger partial charge < -0.3 is 0 Å². The summed E-state index contributed by atoms with van der Waals surface area (Å²) in [5.41, 5.74) is 0.927. The van der Waals surface area contributed by atoms with Gasteiger partial charge in [-0.25, -0.2) is 4.39 Å². The van der Waals surface area contributed by atoms with Gasteiger partial charge in [0.2, 0.25) is 5.78 Å². The van der Waals surface area contributed by atoms with Crippen molar-refractivity contribution in [3.05, 3.63) is 52.0 Å². The SMILES string of the molecule is CC(C)n1ncc(Br)c1C(=O)c1ccc(F)cc1. The molecule has 0 radical (unpaired) electrons. The molecule has 1 heterocycles. The Kier molecular flexibility index (Phi) is 3.61. The molecule has 94 valence electrons. The van der Waals surface area contributed by atoms with E-state index in [-0.39, 0.29) is 17.6 Å². The van der Waals surface area contributed by atoms with Crippen molar-refractivity contribution in [3.8, 4) is 0 Å². The van der Waals surface area contributed by atoms with Gasteiger partial charge in [0, 0.05) is 11.6 Å². The van der Waals surface area contributed by atoms with Crippen molar-refractivity contribution in [3.63, 3.8) is 0 Å². The van der Waals surface area contributed by atoms with Gasteiger partial charge in [-0.3, -0.25) is 9.48 Å². The van der Waals surface area contributed by atoms with Crippen molar-refractivity contribution < 1.29 is 9.18 Å². The summed E-state index contributed by atoms with van der Waals surface area (Å²) >= 11 is 3.32. The molecular weight excluding hydrogens is 299 g/mol. The number of rotatable bonds is 3. The van der Waals surface area contributed by atoms with Crippen LogP contribution in [0.25, 0.3) is 0 Å². The zero-order chi connectivity index (χ0) is 13.3. The van der Waals surface area contributed by atoms with Crippen LogP contribution in [0.2, 0.25) is 0 Å². The number of nitrogens with zero attached hydrogens (tertiary/aromatic N) is 2. The van der Waals surface area contributed by atoms with Gasteiger partial charge in [-0.2, -0.15) is 5.10 Å². The minimum Gasteiger partial charge on any atom is -0.287 e. The molecule has 18 heavy (non-hydrogen) atoms. The fraction of sp³-hybridized carbons (Fsp3) is 0.231. The van der Waals surface area contributed by atoms with Crippen molar-refractivity contribution in [2.45, 2.75) is 19.9 Å². The molecule has 0 saturated heterocycles. The monoisotopic (exact) mass is 310 g/mol. The minimum absolute atomic E-state index is 0.0794. The smallest absolute Gasteiger partial charge is 0.212 e. The second-order valence-electron chi connectivity index (χ2n) is 4.22. The summed E-state index contributed by atoms with van der Waals surface area (Å²) in [7, 11) is 0. The van der Waals surface area contributed by atoms with E-state index in [1.807, 2.05) is 13.8 Å². The molecule has 0 atom stereocenters. The van der Waals surface area contributed by atoms with Gasteiger partial charge in [0.1, 0.15) is 11.5 Å². The summed E-state index contributed by atoms with van der Waals surface area (Å²) in [6.07, 6.45) is 1.59. The number of carbonyl (C=O) groups is 1. The van der Waals surface area contributed by atoms with Crippen molar-refractivity contribution in [2.75, 3.05) is 0 Å². The van der Waals surface area contributed by atoms with Crippen LogP contribution in [0.1, 0.15) is 35.9 Å². The molecule has 0 N–H and O–H groups in total. The molecule has 3 nitrogen and oxygen atoms in total. The van der Waals surface area contributed by atoms with E-state index in [9.17, 15) is 9.18 Å². The van der Waals surface area contributed by atoms with Crippen molar-refractivity contribution in [1.82, 2.24) is 9.78 Å². The third kappa shape index (κ3) is 2.36. The second kappa shape index (κ2) is 5.02. The van der Waals surface area contributed by atoms with Crippen LogP contribution in [0.5, 0.6) is 0 Å². The molecular formula is C13H12BrFN2O. The molecule has 0 amide bonds. The number of hydrogen-bond acceptors (Lipinski definition) is 2. The van der Waals surface area contributed by atoms with Crippen molar-refractivity contribution >= 4 is 21.7 Å². The molecule has 0 aliphatic rings. The summed E-state index contributed by atoms with van der Waals surface area (Å²) in [6, 6.07) is 5.58. The molecule has 0 fully saturated rings. The minimum atomic E-state index is -0.358. The number of halogens is 2. The third-order valence-electron chi connectivity index (χ3n) is 2.56. The highest BCUT2D eigenvalue weighted by molar-refractivity contribution is 9.10. The maximum Gasteiger partial charge on any atom is 0.212 e. The number of hydrogen-bond donors (Lipinski definition) is 0. The lowest BCUT2D eigenvalue weighted by Crippen LogP contribution is -2.14. The van der Waals surface area contributed by atoms with E-state index >= 15 is 0 Å². The summed E-state index contributed by atoms with van der Waals surface area (Å²) in [6.45, 7) is 3.89. The third-order valence-corrected chi connectivity index (χ3v) is 3.14. The molecule has 0 spiro atoms. The lowest BCUT2D eigenvalue weighted by atomic mass is 10.1. The number of aromatic nitrogens is 2. The average Bonchev–Trinajstić information content (AvgIpc) is 2.71. The van der Waals surface area contributed by atoms with Gasteiger partial charge in [0.15, 0.2) is 0 Å². The Labute approximate surface area is 113 Å². The van der Waals surface area contributed by atoms with E-state index in [0.717, 1.165) is 0 Å². The predicted molar refractivity (Wildman–Crippen MR) is 70.1 cm³/mol. The summed E-state index contributed by atoms with van der Waals surface area (Å²) in [4.78, 5) is 12.4. The Balaban J connectivity index is 2.45. The molecule has 1 aromatic heterocycles. The molecule has 2 aromatic rings. The second-order valence-corrected chi connectivity index (χ2v) is 5.07. The number of carbonyl (C=O) groups excluding carboxylic acids is 1. The molecule has 1 aromatic carbocycles. The van der Waals surface area contributed by atoms with E-state index < -0.39 is 0 Å². The van der Waals surface area contributed by atoms with E-state index in [2.05, 4.69) is 21.0 Å². The Morgan fingerprint density at radius 3 is 2.50 bits per heavy atom. The summed E-state index contributed by atoms with van der Waals surface area (Å²) in [5.74, 6) is -0.531. The van der Waals surface area contributed by atoms with Gasteiger partial charge in [0.05, 0.1) is 10.7 Å². The fourth-order valence-electron chi connectivity index (χ4n) is 1.68. The molecule has 0 aliphatic carbocycles. The van der Waals surface area contributed by atoms with E-state index in [1.165, 1.54) is 24.3 Å². The number of ketones is 1. The van der Waals surface area contributed by atoms with E-state index in [1.54, 1.807) is 10.9 Å². The van der Waals surface area contributed by atoms with Crippen LogP contribution in [-0.2, 0) is 0 Å². The lowest BCUT2D eigenvalue weighted by molar-refractivity contribution is 0.102. The van der Waals surface area contributed by atoms with E-state index in [4.69, 9.17) is 0 Å². The topological polar surface area (TPSA) is 34.9 Å². The van der Waals surface area contributed by atoms with Gasteiger partial charge in [0.25, 0.3) is 0 Å². The van der Waals surface area contributed by atoms with Crippen LogP contribution in [0.3, 0.4) is 0 Å². The van der Waals surface area contributed by atoms with Gasteiger partial charge in [-0.05, 0) is 54.0 Å². The molecule has 0 unspecified atom stereocenters. The molecule has 0 aliphatic heterocycles. The highest BCUT2D eigenvalue weighted by Gasteiger charge is 2.20. The molecule has 2 rings (SSSR count). The molecule has 0 saturated carbocycles. The first-order valence-corrected chi connectivity index (χ1v) is 6.33. The maximum absolute atomic E-state index is 12.8. The highest BCUT2D eigenvalue weighted by atomic mass is 79.9. The largest absolute Gasteiger partial charge is 0.287 e. The predicted octanol–water partition coefficient (Wildman–Crippen LogP) is 3.60. The first-order valence-electron chi connectivity index (χ1n) is 5.54. The van der Waals surface area contributed by atoms with Crippen LogP contribution in [0.15, 0.2) is 34.9 Å². The Morgan fingerprint density at radius 1 is 1.33 bits per heavy atom. The molecule has 5 heteroatoms. The van der Waals surface area contributed by atoms with Gasteiger partial charge in [-0.15, -0.1) is 0 Å². The standard InChI is InChI=1S/C13H12BrFN2O/c1-8(2)17-12(11(14)7-16-17)13(18)9-3-5-10(15)6-4-9/h3-8H,1-2H3. The quantitative estimate of drug-likeness (QED) is 0.812. The maximum atomic E-state index is 12.8. The Bertz CT molecular complexity index is 575. The van der Waals surface area contributed by atoms with Crippen LogP contribution in [0.4, 0.5) is 4.39 Å². The Hall–Kier alpha value is -1.49. The number of benzene rings is 1. The van der Waals surface area contributed by atoms with Crippen LogP contribution >= 0.6 is 15.9 Å². The van der Waals surface area contributed by atoms with Crippen LogP contribution < -0.4 is 0 Å². The normalized spacial score (nSPS) is 10.9. The summed E-state index contributed by atoms with van der Waals surface area (Å²) in [5, 5.41) is 4.15. The summed E-state index contributed by atoms with van der Waals surface area (Å²) < 4.78 is 15.1. The van der Waals surface area contributed by atoms with Crippen LogP contribution in [-0.4, -0.2) is 15.6 Å². The van der Waals surface area contributed by atoms with Crippen LogP contribution in [0, 0.1) is 5.82 Å². The zero-order valence-corrected chi connectivity index (χ0v) is 11.6. The van der Waals surface area contributed by atoms with Crippen molar-refractivity contribution in [2.24, 2.45) is 0 Å². The van der Waals surface area contributed by atoms with E-state index in [0.29, 0.717) is 15.7 Å². The first-order chi connectivity index (χ1) is 8.50. The van der Waals surface area contributed by atoms with Gasteiger partial charge in [-0.1, -0.05) is 0 Å². The fourth-order valence-corrected chi connectivity index (χ4v) is 2.14. The van der Waals surface area contributed by atoms with Gasteiger partial charge >= 0.3 is 0 Å². The van der Waals surface area contributed by atoms with Crippen molar-refractivity contribution in [1.29, 1.82) is 0 Å². The average molecular weight is 311 g/mol. The lowest BCUT2D eigenvalue weighted by Gasteiger charge is -2.10. The molecule has 0 bridgehead atoms. The highest BCUT2D eigenvalue weighted by Crippen LogP contribution is 2.22.